The summed E-state index contributed by atoms with van der Waals surface area (Å²) in [5.74, 6) is -0.637. The van der Waals surface area contributed by atoms with Crippen LogP contribution in [0.5, 0.6) is 5.75 Å². The van der Waals surface area contributed by atoms with Gasteiger partial charge in [-0.1, -0.05) is 18.2 Å². The highest BCUT2D eigenvalue weighted by molar-refractivity contribution is 5.33. The first-order valence-electron chi connectivity index (χ1n) is 5.96. The van der Waals surface area contributed by atoms with Crippen molar-refractivity contribution in [3.05, 3.63) is 65.2 Å². The molecular weight excluding hydrogens is 250 g/mol. The fourth-order valence-corrected chi connectivity index (χ4v) is 1.77. The fourth-order valence-electron chi connectivity index (χ4n) is 1.77. The molecule has 0 spiro atoms. The van der Waals surface area contributed by atoms with Crippen molar-refractivity contribution in [2.45, 2.75) is 13.0 Å². The van der Waals surface area contributed by atoms with Crippen LogP contribution in [0, 0.1) is 11.6 Å². The first kappa shape index (κ1) is 13.5. The first-order chi connectivity index (χ1) is 9.20. The first-order valence-corrected chi connectivity index (χ1v) is 5.96. The number of hydrogen-bond acceptors (Lipinski definition) is 2. The number of hydrogen-bond donors (Lipinski definition) is 1. The van der Waals surface area contributed by atoms with Crippen LogP contribution >= 0.6 is 0 Å². The summed E-state index contributed by atoms with van der Waals surface area (Å²) in [5.41, 5.74) is 1.15. The van der Waals surface area contributed by atoms with Gasteiger partial charge in [0, 0.05) is 18.2 Å². The van der Waals surface area contributed by atoms with Crippen LogP contribution in [0.1, 0.15) is 11.1 Å². The lowest BCUT2D eigenvalue weighted by Crippen LogP contribution is -2.02. The second-order valence-corrected chi connectivity index (χ2v) is 4.11. The zero-order chi connectivity index (χ0) is 13.7. The lowest BCUT2D eigenvalue weighted by atomic mass is 10.1. The van der Waals surface area contributed by atoms with E-state index in [1.807, 2.05) is 12.1 Å². The van der Waals surface area contributed by atoms with Crippen molar-refractivity contribution in [3.8, 4) is 5.75 Å². The second kappa shape index (κ2) is 6.29. The zero-order valence-corrected chi connectivity index (χ0v) is 10.3. The van der Waals surface area contributed by atoms with Crippen molar-refractivity contribution in [2.24, 2.45) is 0 Å². The van der Waals surface area contributed by atoms with E-state index in [4.69, 9.17) is 9.84 Å². The SMILES string of the molecule is OCCc1ccccc1OCc1ccc(F)cc1F. The third kappa shape index (κ3) is 3.51. The number of para-hydroxylation sites is 1. The molecule has 0 atom stereocenters. The van der Waals surface area contributed by atoms with E-state index in [1.165, 1.54) is 12.1 Å². The van der Waals surface area contributed by atoms with E-state index >= 15 is 0 Å². The second-order valence-electron chi connectivity index (χ2n) is 4.11. The van der Waals surface area contributed by atoms with Crippen molar-refractivity contribution < 1.29 is 18.6 Å². The molecule has 2 aromatic rings. The summed E-state index contributed by atoms with van der Waals surface area (Å²) in [6.07, 6.45) is 0.474. The van der Waals surface area contributed by atoms with Crippen molar-refractivity contribution >= 4 is 0 Å². The van der Waals surface area contributed by atoms with Gasteiger partial charge in [-0.25, -0.2) is 8.78 Å². The topological polar surface area (TPSA) is 29.5 Å². The molecule has 0 heterocycles. The van der Waals surface area contributed by atoms with Crippen LogP contribution in [0.25, 0.3) is 0 Å². The van der Waals surface area contributed by atoms with E-state index in [1.54, 1.807) is 12.1 Å². The molecule has 1 N–H and O–H groups in total. The Kier molecular flexibility index (Phi) is 4.47. The van der Waals surface area contributed by atoms with Gasteiger partial charge in [0.05, 0.1) is 0 Å². The molecule has 2 rings (SSSR count). The maximum absolute atomic E-state index is 13.4. The molecule has 100 valence electrons. The minimum atomic E-state index is -0.625. The fraction of sp³-hybridized carbons (Fsp3) is 0.200. The van der Waals surface area contributed by atoms with Crippen LogP contribution in [-0.2, 0) is 13.0 Å². The molecule has 0 aromatic heterocycles. The van der Waals surface area contributed by atoms with Crippen LogP contribution in [0.4, 0.5) is 8.78 Å². The standard InChI is InChI=1S/C15H14F2O2/c16-13-6-5-12(14(17)9-13)10-19-15-4-2-1-3-11(15)7-8-18/h1-6,9,18H,7-8,10H2. The van der Waals surface area contributed by atoms with Gasteiger partial charge in [0.2, 0.25) is 0 Å². The summed E-state index contributed by atoms with van der Waals surface area (Å²) in [7, 11) is 0. The number of benzene rings is 2. The average molecular weight is 264 g/mol. The molecule has 0 aliphatic rings. The monoisotopic (exact) mass is 264 g/mol. The quantitative estimate of drug-likeness (QED) is 0.899. The number of halogens is 2. The summed E-state index contributed by atoms with van der Waals surface area (Å²) in [5, 5.41) is 8.95. The van der Waals surface area contributed by atoms with Gasteiger partial charge in [-0.05, 0) is 30.2 Å². The van der Waals surface area contributed by atoms with Gasteiger partial charge in [0.15, 0.2) is 0 Å². The number of aliphatic hydroxyl groups excluding tert-OH is 1. The average Bonchev–Trinajstić information content (AvgIpc) is 2.40. The smallest absolute Gasteiger partial charge is 0.132 e. The molecule has 19 heavy (non-hydrogen) atoms. The van der Waals surface area contributed by atoms with E-state index in [0.717, 1.165) is 11.6 Å². The van der Waals surface area contributed by atoms with Crippen LogP contribution < -0.4 is 4.74 Å². The number of rotatable bonds is 5. The molecule has 0 saturated heterocycles. The molecule has 4 heteroatoms. The highest BCUT2D eigenvalue weighted by Gasteiger charge is 2.07. The van der Waals surface area contributed by atoms with Crippen molar-refractivity contribution in [1.29, 1.82) is 0 Å². The minimum Gasteiger partial charge on any atom is -0.489 e. The van der Waals surface area contributed by atoms with E-state index in [9.17, 15) is 8.78 Å². The van der Waals surface area contributed by atoms with Crippen molar-refractivity contribution in [2.75, 3.05) is 6.61 Å². The Morgan fingerprint density at radius 2 is 1.79 bits per heavy atom. The van der Waals surface area contributed by atoms with Crippen LogP contribution in [0.15, 0.2) is 42.5 Å². The third-order valence-electron chi connectivity index (χ3n) is 2.75. The zero-order valence-electron chi connectivity index (χ0n) is 10.3. The van der Waals surface area contributed by atoms with Crippen molar-refractivity contribution in [1.82, 2.24) is 0 Å². The van der Waals surface area contributed by atoms with Gasteiger partial charge >= 0.3 is 0 Å². The molecule has 0 saturated carbocycles. The van der Waals surface area contributed by atoms with Gasteiger partial charge in [-0.2, -0.15) is 0 Å². The van der Waals surface area contributed by atoms with Crippen LogP contribution in [0.2, 0.25) is 0 Å². The lowest BCUT2D eigenvalue weighted by molar-refractivity contribution is 0.281. The summed E-state index contributed by atoms with van der Waals surface area (Å²) >= 11 is 0. The summed E-state index contributed by atoms with van der Waals surface area (Å²) in [6, 6.07) is 10.6. The Balaban J connectivity index is 2.10. The highest BCUT2D eigenvalue weighted by atomic mass is 19.1. The van der Waals surface area contributed by atoms with E-state index in [2.05, 4.69) is 0 Å². The van der Waals surface area contributed by atoms with Gasteiger partial charge < -0.3 is 9.84 Å². The maximum Gasteiger partial charge on any atom is 0.132 e. The minimum absolute atomic E-state index is 0.0191. The Morgan fingerprint density at radius 1 is 1.00 bits per heavy atom. The Morgan fingerprint density at radius 3 is 2.53 bits per heavy atom. The van der Waals surface area contributed by atoms with Gasteiger partial charge in [0.1, 0.15) is 24.0 Å². The van der Waals surface area contributed by atoms with Gasteiger partial charge in [0.25, 0.3) is 0 Å². The molecule has 0 aliphatic heterocycles. The van der Waals surface area contributed by atoms with E-state index < -0.39 is 11.6 Å². The third-order valence-corrected chi connectivity index (χ3v) is 2.75. The van der Waals surface area contributed by atoms with Crippen LogP contribution in [-0.4, -0.2) is 11.7 Å². The van der Waals surface area contributed by atoms with Gasteiger partial charge in [-0.15, -0.1) is 0 Å². The molecule has 0 radical (unpaired) electrons. The Hall–Kier alpha value is -1.94. The molecule has 0 amide bonds. The number of aliphatic hydroxyl groups is 1. The van der Waals surface area contributed by atoms with Crippen LogP contribution in [0.3, 0.4) is 0 Å². The summed E-state index contributed by atoms with van der Waals surface area (Å²) in [6.45, 7) is 0.0415. The molecule has 0 aliphatic carbocycles. The summed E-state index contributed by atoms with van der Waals surface area (Å²) in [4.78, 5) is 0. The Bertz CT molecular complexity index is 556. The molecule has 0 unspecified atom stereocenters. The molecule has 2 aromatic carbocycles. The Labute approximate surface area is 110 Å². The van der Waals surface area contributed by atoms with E-state index in [-0.39, 0.29) is 13.2 Å². The molecular formula is C15H14F2O2. The van der Waals surface area contributed by atoms with Gasteiger partial charge in [-0.3, -0.25) is 0 Å². The normalized spacial score (nSPS) is 10.5. The molecule has 2 nitrogen and oxygen atoms in total. The largest absolute Gasteiger partial charge is 0.489 e. The maximum atomic E-state index is 13.4. The number of ether oxygens (including phenoxy) is 1. The van der Waals surface area contributed by atoms with E-state index in [0.29, 0.717) is 17.7 Å². The van der Waals surface area contributed by atoms with Crippen molar-refractivity contribution in [3.63, 3.8) is 0 Å². The lowest BCUT2D eigenvalue weighted by Gasteiger charge is -2.11. The molecule has 0 fully saturated rings. The highest BCUT2D eigenvalue weighted by Crippen LogP contribution is 2.20. The predicted octanol–water partition coefficient (Wildman–Crippen LogP) is 3.08. The summed E-state index contributed by atoms with van der Waals surface area (Å²) < 4.78 is 31.7. The molecule has 0 bridgehead atoms. The predicted molar refractivity (Wildman–Crippen MR) is 67.9 cm³/mol.